The highest BCUT2D eigenvalue weighted by molar-refractivity contribution is 5.76. The molecule has 0 fully saturated rings. The van der Waals surface area contributed by atoms with Gasteiger partial charge in [-0.2, -0.15) is 0 Å². The van der Waals surface area contributed by atoms with Crippen LogP contribution in [0.5, 0.6) is 0 Å². The maximum absolute atomic E-state index is 12.5. The van der Waals surface area contributed by atoms with Gasteiger partial charge >= 0.3 is 5.69 Å². The number of allylic oxidation sites excluding steroid dienone is 2. The van der Waals surface area contributed by atoms with Crippen molar-refractivity contribution in [1.29, 1.82) is 0 Å². The van der Waals surface area contributed by atoms with Gasteiger partial charge in [-0.25, -0.2) is 4.79 Å². The zero-order valence-electron chi connectivity index (χ0n) is 14.4. The van der Waals surface area contributed by atoms with Crippen molar-refractivity contribution in [3.63, 3.8) is 0 Å². The van der Waals surface area contributed by atoms with E-state index in [9.17, 15) is 9.59 Å². The Hall–Kier alpha value is -2.44. The van der Waals surface area contributed by atoms with E-state index in [0.717, 1.165) is 30.4 Å². The smallest absolute Gasteiger partial charge is 0.329 e. The molecule has 2 aromatic heterocycles. The van der Waals surface area contributed by atoms with Gasteiger partial charge in [-0.05, 0) is 38.2 Å². The Bertz CT molecular complexity index is 910. The molecule has 24 heavy (non-hydrogen) atoms. The Morgan fingerprint density at radius 3 is 2.62 bits per heavy atom. The van der Waals surface area contributed by atoms with E-state index in [1.807, 2.05) is 0 Å². The van der Waals surface area contributed by atoms with Crippen molar-refractivity contribution in [2.75, 3.05) is 11.4 Å². The fourth-order valence-corrected chi connectivity index (χ4v) is 3.19. The van der Waals surface area contributed by atoms with E-state index in [1.165, 1.54) is 30.2 Å². The van der Waals surface area contributed by atoms with E-state index in [1.54, 1.807) is 13.1 Å². The summed E-state index contributed by atoms with van der Waals surface area (Å²) in [5.41, 5.74) is 0.840. The molecule has 0 atom stereocenters. The van der Waals surface area contributed by atoms with Crippen LogP contribution in [0.3, 0.4) is 0 Å². The first kappa shape index (κ1) is 16.4. The maximum Gasteiger partial charge on any atom is 0.332 e. The third-order valence-electron chi connectivity index (χ3n) is 4.53. The van der Waals surface area contributed by atoms with Gasteiger partial charge < -0.3 is 4.90 Å². The van der Waals surface area contributed by atoms with Crippen molar-refractivity contribution in [3.05, 3.63) is 38.7 Å². The molecule has 0 bridgehead atoms. The van der Waals surface area contributed by atoms with E-state index in [0.29, 0.717) is 16.9 Å². The predicted molar refractivity (Wildman–Crippen MR) is 94.2 cm³/mol. The lowest BCUT2D eigenvalue weighted by Crippen LogP contribution is -2.37. The second-order valence-electron chi connectivity index (χ2n) is 6.24. The molecule has 0 N–H and O–H groups in total. The number of fused-ring (bicyclic) bond motifs is 1. The molecule has 0 radical (unpaired) electrons. The lowest BCUT2D eigenvalue weighted by molar-refractivity contribution is 0.662. The van der Waals surface area contributed by atoms with Crippen molar-refractivity contribution in [3.8, 4) is 0 Å². The summed E-state index contributed by atoms with van der Waals surface area (Å²) in [7, 11) is 3.09. The molecule has 0 amide bonds. The molecule has 0 saturated heterocycles. The highest BCUT2D eigenvalue weighted by atomic mass is 16.2. The van der Waals surface area contributed by atoms with E-state index < -0.39 is 5.69 Å². The summed E-state index contributed by atoms with van der Waals surface area (Å²) in [6.07, 6.45) is 7.71. The zero-order valence-corrected chi connectivity index (χ0v) is 14.4. The molecule has 0 unspecified atom stereocenters. The number of rotatable bonds is 4. The SMILES string of the molecule is CCCN(C1=CCCCC1)c1cc2c(=O)n(C)c(=O)n(C)c2nn1. The number of hydrogen-bond acceptors (Lipinski definition) is 5. The summed E-state index contributed by atoms with van der Waals surface area (Å²) in [6.45, 7) is 2.95. The van der Waals surface area contributed by atoms with Gasteiger partial charge in [0.2, 0.25) is 0 Å². The van der Waals surface area contributed by atoms with Crippen LogP contribution in [0.15, 0.2) is 27.4 Å². The van der Waals surface area contributed by atoms with Crippen LogP contribution in [0.4, 0.5) is 5.82 Å². The van der Waals surface area contributed by atoms with Gasteiger partial charge in [-0.15, -0.1) is 10.2 Å². The highest BCUT2D eigenvalue weighted by Crippen LogP contribution is 2.26. The standard InChI is InChI=1S/C17H23N5O2/c1-4-10-22(12-8-6-5-7-9-12)14-11-13-15(19-18-14)20(2)17(24)21(3)16(13)23/h8,11H,4-7,9-10H2,1-3H3. The van der Waals surface area contributed by atoms with Crippen LogP contribution >= 0.6 is 0 Å². The first-order chi connectivity index (χ1) is 11.5. The van der Waals surface area contributed by atoms with Crippen LogP contribution in [-0.4, -0.2) is 25.9 Å². The minimum Gasteiger partial charge on any atom is -0.329 e. The Balaban J connectivity index is 2.17. The number of aryl methyl sites for hydroxylation is 1. The Morgan fingerprint density at radius 1 is 1.17 bits per heavy atom. The summed E-state index contributed by atoms with van der Waals surface area (Å²) in [4.78, 5) is 26.6. The van der Waals surface area contributed by atoms with E-state index in [2.05, 4.69) is 28.1 Å². The zero-order chi connectivity index (χ0) is 17.3. The summed E-state index contributed by atoms with van der Waals surface area (Å²) in [5.74, 6) is 0.674. The molecule has 3 rings (SSSR count). The quantitative estimate of drug-likeness (QED) is 0.854. The molecule has 1 aliphatic carbocycles. The molecule has 1 aliphatic rings. The fraction of sp³-hybridized carbons (Fsp3) is 0.529. The average molecular weight is 329 g/mol. The first-order valence-corrected chi connectivity index (χ1v) is 8.44. The molecular weight excluding hydrogens is 306 g/mol. The van der Waals surface area contributed by atoms with Crippen LogP contribution in [-0.2, 0) is 14.1 Å². The van der Waals surface area contributed by atoms with Gasteiger partial charge in [0.15, 0.2) is 11.5 Å². The monoisotopic (exact) mass is 329 g/mol. The molecule has 2 aromatic rings. The molecule has 7 heteroatoms. The predicted octanol–water partition coefficient (Wildman–Crippen LogP) is 1.70. The fourth-order valence-electron chi connectivity index (χ4n) is 3.19. The van der Waals surface area contributed by atoms with Gasteiger partial charge in [-0.1, -0.05) is 13.0 Å². The number of nitrogens with zero attached hydrogens (tertiary/aromatic N) is 5. The number of aromatic nitrogens is 4. The molecule has 7 nitrogen and oxygen atoms in total. The summed E-state index contributed by atoms with van der Waals surface area (Å²) in [5, 5.41) is 8.89. The van der Waals surface area contributed by atoms with Crippen LogP contribution in [0, 0.1) is 0 Å². The van der Waals surface area contributed by atoms with Crippen LogP contribution < -0.4 is 16.1 Å². The Morgan fingerprint density at radius 2 is 1.96 bits per heavy atom. The van der Waals surface area contributed by atoms with E-state index >= 15 is 0 Å². The summed E-state index contributed by atoms with van der Waals surface area (Å²) in [6, 6.07) is 1.76. The van der Waals surface area contributed by atoms with Gasteiger partial charge in [0, 0.05) is 26.3 Å². The molecule has 2 heterocycles. The van der Waals surface area contributed by atoms with E-state index in [-0.39, 0.29) is 5.56 Å². The number of anilines is 1. The van der Waals surface area contributed by atoms with Crippen LogP contribution in [0.1, 0.15) is 39.0 Å². The molecule has 0 aromatic carbocycles. The van der Waals surface area contributed by atoms with Gasteiger partial charge in [0.1, 0.15) is 0 Å². The molecule has 0 saturated carbocycles. The minimum absolute atomic E-state index is 0.320. The van der Waals surface area contributed by atoms with Gasteiger partial charge in [0.25, 0.3) is 5.56 Å². The summed E-state index contributed by atoms with van der Waals surface area (Å²) >= 11 is 0. The molecule has 0 aliphatic heterocycles. The van der Waals surface area contributed by atoms with E-state index in [4.69, 9.17) is 0 Å². The van der Waals surface area contributed by atoms with Crippen molar-refractivity contribution < 1.29 is 0 Å². The molecular formula is C17H23N5O2. The third kappa shape index (κ3) is 2.74. The second kappa shape index (κ2) is 6.59. The normalized spacial score (nSPS) is 14.7. The van der Waals surface area contributed by atoms with Crippen molar-refractivity contribution in [1.82, 2.24) is 19.3 Å². The van der Waals surface area contributed by atoms with Gasteiger partial charge in [0.05, 0.1) is 5.39 Å². The molecule has 0 spiro atoms. The third-order valence-corrected chi connectivity index (χ3v) is 4.53. The van der Waals surface area contributed by atoms with Crippen LogP contribution in [0.25, 0.3) is 11.0 Å². The van der Waals surface area contributed by atoms with Crippen molar-refractivity contribution in [2.24, 2.45) is 14.1 Å². The second-order valence-corrected chi connectivity index (χ2v) is 6.24. The average Bonchev–Trinajstić information content (AvgIpc) is 2.63. The lowest BCUT2D eigenvalue weighted by Gasteiger charge is -2.28. The Kier molecular flexibility index (Phi) is 4.51. The topological polar surface area (TPSA) is 73.0 Å². The largest absolute Gasteiger partial charge is 0.332 e. The first-order valence-electron chi connectivity index (χ1n) is 8.44. The highest BCUT2D eigenvalue weighted by Gasteiger charge is 2.18. The number of hydrogen-bond donors (Lipinski definition) is 0. The summed E-state index contributed by atoms with van der Waals surface area (Å²) < 4.78 is 2.47. The minimum atomic E-state index is -0.394. The van der Waals surface area contributed by atoms with Crippen molar-refractivity contribution >= 4 is 16.9 Å². The van der Waals surface area contributed by atoms with Crippen molar-refractivity contribution in [2.45, 2.75) is 39.0 Å². The van der Waals surface area contributed by atoms with Gasteiger partial charge in [-0.3, -0.25) is 13.9 Å². The molecule has 128 valence electrons. The Labute approximate surface area is 140 Å². The maximum atomic E-state index is 12.5. The van der Waals surface area contributed by atoms with Crippen LogP contribution in [0.2, 0.25) is 0 Å². The lowest BCUT2D eigenvalue weighted by atomic mass is 10.0.